The highest BCUT2D eigenvalue weighted by Crippen LogP contribution is 2.32. The molecule has 0 fully saturated rings. The highest BCUT2D eigenvalue weighted by Gasteiger charge is 2.28. The largest absolute Gasteiger partial charge is 0.308 e. The Morgan fingerprint density at radius 2 is 1.92 bits per heavy atom. The van der Waals surface area contributed by atoms with Crippen LogP contribution in [0.5, 0.6) is 0 Å². The van der Waals surface area contributed by atoms with E-state index in [-0.39, 0.29) is 16.4 Å². The molecule has 5 nitrogen and oxygen atoms in total. The summed E-state index contributed by atoms with van der Waals surface area (Å²) in [5.74, 6) is -0.822. The van der Waals surface area contributed by atoms with Gasteiger partial charge in [0.1, 0.15) is 5.82 Å². The molecule has 0 aromatic heterocycles. The van der Waals surface area contributed by atoms with Crippen molar-refractivity contribution in [3.05, 3.63) is 59.4 Å². The summed E-state index contributed by atoms with van der Waals surface area (Å²) in [5, 5.41) is 0. The summed E-state index contributed by atoms with van der Waals surface area (Å²) in [7, 11) is -0.670. The van der Waals surface area contributed by atoms with Crippen molar-refractivity contribution in [2.45, 2.75) is 11.3 Å². The number of rotatable bonds is 3. The lowest BCUT2D eigenvalue weighted by Crippen LogP contribution is -2.29. The monoisotopic (exact) mass is 348 g/mol. The minimum absolute atomic E-state index is 0.130. The number of carbonyl (C=O) groups excluding carboxylic acids is 1. The Kier molecular flexibility index (Phi) is 4.15. The average Bonchev–Trinajstić information content (AvgIpc) is 2.97. The van der Waals surface area contributed by atoms with Crippen LogP contribution >= 0.6 is 0 Å². The summed E-state index contributed by atoms with van der Waals surface area (Å²) in [6.07, 6.45) is 0.638. The van der Waals surface area contributed by atoms with E-state index in [0.29, 0.717) is 18.7 Å². The molecule has 0 saturated carbocycles. The normalized spacial score (nSPS) is 14.1. The van der Waals surface area contributed by atoms with Crippen LogP contribution in [0.25, 0.3) is 0 Å². The van der Waals surface area contributed by atoms with Crippen LogP contribution < -0.4 is 4.90 Å². The maximum Gasteiger partial charge on any atom is 0.258 e. The Morgan fingerprint density at radius 3 is 2.58 bits per heavy atom. The third-order valence-corrected chi connectivity index (χ3v) is 5.86. The quantitative estimate of drug-likeness (QED) is 0.855. The van der Waals surface area contributed by atoms with Crippen LogP contribution in [0.2, 0.25) is 0 Å². The number of benzene rings is 2. The fraction of sp³-hybridized carbons (Fsp3) is 0.235. The second-order valence-corrected chi connectivity index (χ2v) is 7.95. The van der Waals surface area contributed by atoms with Crippen LogP contribution in [-0.2, 0) is 16.4 Å². The fourth-order valence-corrected chi connectivity index (χ4v) is 3.64. The topological polar surface area (TPSA) is 57.7 Å². The molecular formula is C17H17FN2O3S. The summed E-state index contributed by atoms with van der Waals surface area (Å²) in [4.78, 5) is 14.3. The first kappa shape index (κ1) is 16.6. The van der Waals surface area contributed by atoms with Crippen molar-refractivity contribution in [3.8, 4) is 0 Å². The number of carbonyl (C=O) groups is 1. The number of halogens is 1. The lowest BCUT2D eigenvalue weighted by molar-refractivity contribution is 0.0989. The minimum atomic E-state index is -3.58. The van der Waals surface area contributed by atoms with Crippen molar-refractivity contribution < 1.29 is 17.6 Å². The second-order valence-electron chi connectivity index (χ2n) is 5.80. The van der Waals surface area contributed by atoms with Crippen molar-refractivity contribution in [1.82, 2.24) is 4.31 Å². The van der Waals surface area contributed by atoms with Gasteiger partial charge in [-0.3, -0.25) is 4.79 Å². The van der Waals surface area contributed by atoms with Gasteiger partial charge in [-0.2, -0.15) is 0 Å². The van der Waals surface area contributed by atoms with E-state index in [2.05, 4.69) is 0 Å². The molecule has 0 radical (unpaired) electrons. The molecule has 2 aromatic rings. The van der Waals surface area contributed by atoms with Crippen LogP contribution in [0.1, 0.15) is 15.9 Å². The third kappa shape index (κ3) is 2.81. The molecule has 0 bridgehead atoms. The van der Waals surface area contributed by atoms with E-state index in [9.17, 15) is 17.6 Å². The zero-order chi connectivity index (χ0) is 17.5. The second kappa shape index (κ2) is 5.99. The van der Waals surface area contributed by atoms with Gasteiger partial charge in [0, 0.05) is 31.9 Å². The van der Waals surface area contributed by atoms with Crippen molar-refractivity contribution >= 4 is 21.6 Å². The van der Waals surface area contributed by atoms with Crippen LogP contribution in [0.3, 0.4) is 0 Å². The summed E-state index contributed by atoms with van der Waals surface area (Å²) in [5.41, 5.74) is 1.70. The predicted molar refractivity (Wildman–Crippen MR) is 89.1 cm³/mol. The van der Waals surface area contributed by atoms with Gasteiger partial charge in [-0.25, -0.2) is 17.1 Å². The Labute approximate surface area is 140 Å². The molecule has 7 heteroatoms. The van der Waals surface area contributed by atoms with Gasteiger partial charge in [-0.15, -0.1) is 0 Å². The maximum absolute atomic E-state index is 13.4. The summed E-state index contributed by atoms with van der Waals surface area (Å²) >= 11 is 0. The molecule has 0 unspecified atom stereocenters. The predicted octanol–water partition coefficient (Wildman–Crippen LogP) is 2.28. The fourth-order valence-electron chi connectivity index (χ4n) is 2.72. The van der Waals surface area contributed by atoms with Crippen molar-refractivity contribution in [3.63, 3.8) is 0 Å². The smallest absolute Gasteiger partial charge is 0.258 e. The highest BCUT2D eigenvalue weighted by atomic mass is 32.2. The van der Waals surface area contributed by atoms with Crippen LogP contribution in [0.4, 0.5) is 10.1 Å². The van der Waals surface area contributed by atoms with Gasteiger partial charge in [0.25, 0.3) is 5.91 Å². The van der Waals surface area contributed by atoms with Crippen LogP contribution in [0.15, 0.2) is 47.4 Å². The van der Waals surface area contributed by atoms with E-state index in [1.807, 2.05) is 0 Å². The Hall–Kier alpha value is -2.25. The molecule has 0 N–H and O–H groups in total. The van der Waals surface area contributed by atoms with Crippen LogP contribution in [0, 0.1) is 5.82 Å². The summed E-state index contributed by atoms with van der Waals surface area (Å²) < 4.78 is 39.1. The SMILES string of the molecule is CN(C)S(=O)(=O)c1ccc2c(c1)N(C(=O)c1cccc(F)c1)CC2. The molecule has 3 rings (SSSR count). The number of hydrogen-bond donors (Lipinski definition) is 0. The van der Waals surface area contributed by atoms with Crippen molar-refractivity contribution in [2.24, 2.45) is 0 Å². The molecule has 0 spiro atoms. The minimum Gasteiger partial charge on any atom is -0.308 e. The van der Waals surface area contributed by atoms with Gasteiger partial charge in [-0.1, -0.05) is 12.1 Å². The van der Waals surface area contributed by atoms with Crippen LogP contribution in [-0.4, -0.2) is 39.3 Å². The molecule has 1 aliphatic heterocycles. The third-order valence-electron chi connectivity index (χ3n) is 4.05. The lowest BCUT2D eigenvalue weighted by Gasteiger charge is -2.19. The molecule has 1 amide bonds. The van der Waals surface area contributed by atoms with Crippen molar-refractivity contribution in [1.29, 1.82) is 0 Å². The maximum atomic E-state index is 13.4. The van der Waals surface area contributed by atoms with E-state index in [1.165, 1.54) is 43.3 Å². The molecule has 0 atom stereocenters. The zero-order valence-electron chi connectivity index (χ0n) is 13.4. The zero-order valence-corrected chi connectivity index (χ0v) is 14.2. The number of nitrogens with zero attached hydrogens (tertiary/aromatic N) is 2. The molecule has 0 saturated heterocycles. The standard InChI is InChI=1S/C17H17FN2O3S/c1-19(2)24(22,23)15-7-6-12-8-9-20(16(12)11-15)17(21)13-4-3-5-14(18)10-13/h3-7,10-11H,8-9H2,1-2H3. The Balaban J connectivity index is 2.01. The molecule has 24 heavy (non-hydrogen) atoms. The van der Waals surface area contributed by atoms with Gasteiger partial charge >= 0.3 is 0 Å². The van der Waals surface area contributed by atoms with Gasteiger partial charge in [0.05, 0.1) is 4.90 Å². The number of fused-ring (bicyclic) bond motifs is 1. The van der Waals surface area contributed by atoms with E-state index in [4.69, 9.17) is 0 Å². The molecule has 1 heterocycles. The van der Waals surface area contributed by atoms with Crippen molar-refractivity contribution in [2.75, 3.05) is 25.5 Å². The van der Waals surface area contributed by atoms with E-state index >= 15 is 0 Å². The molecule has 0 aliphatic carbocycles. The number of anilines is 1. The molecule has 1 aliphatic rings. The first-order valence-corrected chi connectivity index (χ1v) is 8.87. The van der Waals surface area contributed by atoms with Gasteiger partial charge in [0.2, 0.25) is 10.0 Å². The average molecular weight is 348 g/mol. The number of hydrogen-bond acceptors (Lipinski definition) is 3. The first-order chi connectivity index (χ1) is 11.3. The van der Waals surface area contributed by atoms with Gasteiger partial charge < -0.3 is 4.90 Å². The van der Waals surface area contributed by atoms with E-state index in [0.717, 1.165) is 9.87 Å². The highest BCUT2D eigenvalue weighted by molar-refractivity contribution is 7.89. The summed E-state index contributed by atoms with van der Waals surface area (Å²) in [6, 6.07) is 10.3. The van der Waals surface area contributed by atoms with E-state index < -0.39 is 15.8 Å². The number of sulfonamides is 1. The first-order valence-electron chi connectivity index (χ1n) is 7.43. The summed E-state index contributed by atoms with van der Waals surface area (Å²) in [6.45, 7) is 0.441. The lowest BCUT2D eigenvalue weighted by atomic mass is 10.1. The van der Waals surface area contributed by atoms with Gasteiger partial charge in [0.15, 0.2) is 0 Å². The number of amides is 1. The van der Waals surface area contributed by atoms with Gasteiger partial charge in [-0.05, 0) is 42.3 Å². The Bertz CT molecular complexity index is 910. The molecular weight excluding hydrogens is 331 g/mol. The Morgan fingerprint density at radius 1 is 1.17 bits per heavy atom. The molecule has 126 valence electrons. The molecule has 2 aromatic carbocycles. The van der Waals surface area contributed by atoms with E-state index in [1.54, 1.807) is 18.2 Å².